The Balaban J connectivity index is 1.72. The molecule has 2 unspecified atom stereocenters. The fourth-order valence-electron chi connectivity index (χ4n) is 4.79. The van der Waals surface area contributed by atoms with Gasteiger partial charge in [0.1, 0.15) is 0 Å². The van der Waals surface area contributed by atoms with E-state index in [-0.39, 0.29) is 28.4 Å². The van der Waals surface area contributed by atoms with Gasteiger partial charge >= 0.3 is 5.69 Å². The van der Waals surface area contributed by atoms with E-state index in [9.17, 15) is 14.4 Å². The quantitative estimate of drug-likeness (QED) is 0.611. The number of hydrogen-bond acceptors (Lipinski definition) is 5. The van der Waals surface area contributed by atoms with Crippen LogP contribution in [-0.4, -0.2) is 51.5 Å². The van der Waals surface area contributed by atoms with Crippen LogP contribution in [-0.2, 0) is 6.54 Å². The molecule has 3 rings (SSSR count). The monoisotopic (exact) mass is 443 g/mol. The van der Waals surface area contributed by atoms with Crippen molar-refractivity contribution in [3.05, 3.63) is 38.2 Å². The number of likely N-dealkylation sites (tertiary alicyclic amines) is 1. The minimum atomic E-state index is -0.573. The maximum absolute atomic E-state index is 13.0. The van der Waals surface area contributed by atoms with Gasteiger partial charge in [0.15, 0.2) is 5.65 Å². The van der Waals surface area contributed by atoms with Gasteiger partial charge in [-0.2, -0.15) is 0 Å². The minimum Gasteiger partial charge on any atom is -0.352 e. The number of piperidine rings is 1. The van der Waals surface area contributed by atoms with Gasteiger partial charge in [0.25, 0.3) is 11.5 Å². The van der Waals surface area contributed by atoms with Crippen LogP contribution in [0.15, 0.2) is 15.7 Å². The van der Waals surface area contributed by atoms with Crippen molar-refractivity contribution in [1.29, 1.82) is 0 Å². The van der Waals surface area contributed by atoms with Gasteiger partial charge in [0.05, 0.1) is 10.9 Å². The number of rotatable bonds is 8. The number of H-pyrrole nitrogens is 1. The van der Waals surface area contributed by atoms with Crippen LogP contribution in [0.3, 0.4) is 0 Å². The highest BCUT2D eigenvalue weighted by atomic mass is 16.2. The first-order valence-corrected chi connectivity index (χ1v) is 11.9. The van der Waals surface area contributed by atoms with E-state index in [0.717, 1.165) is 44.3 Å². The maximum atomic E-state index is 13.0. The maximum Gasteiger partial charge on any atom is 0.329 e. The van der Waals surface area contributed by atoms with Crippen molar-refractivity contribution >= 4 is 16.9 Å². The van der Waals surface area contributed by atoms with Crippen LogP contribution in [0, 0.1) is 11.8 Å². The normalized spacial score (nSPS) is 19.6. The molecule has 8 heteroatoms. The Bertz CT molecular complexity index is 1060. The summed E-state index contributed by atoms with van der Waals surface area (Å²) in [6.07, 6.45) is 3.20. The molecule has 2 aromatic rings. The van der Waals surface area contributed by atoms with Crippen LogP contribution in [0.4, 0.5) is 0 Å². The van der Waals surface area contributed by atoms with Crippen molar-refractivity contribution in [2.75, 3.05) is 26.2 Å². The second-order valence-electron chi connectivity index (χ2n) is 9.62. The number of aryl methyl sites for hydroxylation is 1. The second-order valence-corrected chi connectivity index (χ2v) is 9.62. The van der Waals surface area contributed by atoms with Crippen LogP contribution in [0.2, 0.25) is 0 Å². The Hall–Kier alpha value is -2.48. The van der Waals surface area contributed by atoms with Gasteiger partial charge in [0.2, 0.25) is 0 Å². The molecule has 3 heterocycles. The molecule has 0 aromatic carbocycles. The summed E-state index contributed by atoms with van der Waals surface area (Å²) in [6.45, 7) is 14.6. The number of nitrogens with zero attached hydrogens (tertiary/aromatic N) is 3. The fourth-order valence-corrected chi connectivity index (χ4v) is 4.79. The van der Waals surface area contributed by atoms with Crippen molar-refractivity contribution in [2.45, 2.75) is 66.3 Å². The van der Waals surface area contributed by atoms with Gasteiger partial charge in [-0.15, -0.1) is 0 Å². The average Bonchev–Trinajstić information content (AvgIpc) is 2.72. The zero-order chi connectivity index (χ0) is 23.4. The number of unbranched alkanes of at least 4 members (excludes halogenated alkanes) is 1. The molecular weight excluding hydrogens is 406 g/mol. The molecule has 1 aliphatic rings. The number of nitrogens with one attached hydrogen (secondary N) is 2. The fraction of sp³-hybridized carbons (Fsp3) is 0.667. The SMILES string of the molecule is CCn1c(=O)[nH]c(=O)c2c(C(=O)NCCCCN3CC(C)CC(C)C3)cc(C(C)C)nc21. The van der Waals surface area contributed by atoms with E-state index in [4.69, 9.17) is 0 Å². The molecule has 2 aromatic heterocycles. The highest BCUT2D eigenvalue weighted by Gasteiger charge is 2.22. The summed E-state index contributed by atoms with van der Waals surface area (Å²) in [7, 11) is 0. The second kappa shape index (κ2) is 10.4. The van der Waals surface area contributed by atoms with Gasteiger partial charge < -0.3 is 10.2 Å². The van der Waals surface area contributed by atoms with E-state index >= 15 is 0 Å². The standard InChI is InChI=1S/C24H37N5O3/c1-6-29-21-20(23(31)27-24(29)32)18(12-19(26-21)15(2)3)22(30)25-9-7-8-10-28-13-16(4)11-17(5)14-28/h12,15-17H,6-11,13-14H2,1-5H3,(H,25,30)(H,27,31,32). The molecule has 2 atom stereocenters. The zero-order valence-corrected chi connectivity index (χ0v) is 20.0. The Morgan fingerprint density at radius 2 is 1.91 bits per heavy atom. The molecule has 1 saturated heterocycles. The van der Waals surface area contributed by atoms with Gasteiger partial charge in [-0.1, -0.05) is 27.7 Å². The minimum absolute atomic E-state index is 0.0555. The molecule has 0 saturated carbocycles. The van der Waals surface area contributed by atoms with Crippen molar-refractivity contribution in [3.63, 3.8) is 0 Å². The lowest BCUT2D eigenvalue weighted by molar-refractivity contribution is 0.0953. The third-order valence-electron chi connectivity index (χ3n) is 6.25. The smallest absolute Gasteiger partial charge is 0.329 e. The largest absolute Gasteiger partial charge is 0.352 e. The van der Waals surface area contributed by atoms with Gasteiger partial charge in [-0.3, -0.25) is 19.1 Å². The molecule has 1 fully saturated rings. The van der Waals surface area contributed by atoms with Crippen molar-refractivity contribution in [1.82, 2.24) is 24.8 Å². The number of pyridine rings is 1. The first kappa shape index (κ1) is 24.2. The average molecular weight is 444 g/mol. The van der Waals surface area contributed by atoms with Crippen molar-refractivity contribution < 1.29 is 4.79 Å². The molecule has 0 aliphatic carbocycles. The Morgan fingerprint density at radius 1 is 1.22 bits per heavy atom. The number of hydrogen-bond donors (Lipinski definition) is 2. The number of carbonyl (C=O) groups excluding carboxylic acids is 1. The van der Waals surface area contributed by atoms with E-state index in [1.54, 1.807) is 6.07 Å². The predicted molar refractivity (Wildman–Crippen MR) is 127 cm³/mol. The van der Waals surface area contributed by atoms with Crippen LogP contribution in [0.5, 0.6) is 0 Å². The lowest BCUT2D eigenvalue weighted by Gasteiger charge is -2.34. The first-order chi connectivity index (χ1) is 15.2. The summed E-state index contributed by atoms with van der Waals surface area (Å²) in [4.78, 5) is 47.2. The number of aromatic nitrogens is 3. The third kappa shape index (κ3) is 5.46. The Morgan fingerprint density at radius 3 is 2.53 bits per heavy atom. The molecule has 1 aliphatic heterocycles. The van der Waals surface area contributed by atoms with Crippen LogP contribution >= 0.6 is 0 Å². The molecule has 0 spiro atoms. The summed E-state index contributed by atoms with van der Waals surface area (Å²) >= 11 is 0. The number of aromatic amines is 1. The Kier molecular flexibility index (Phi) is 7.87. The van der Waals surface area contributed by atoms with Crippen LogP contribution in [0.25, 0.3) is 11.0 Å². The van der Waals surface area contributed by atoms with E-state index in [0.29, 0.717) is 18.8 Å². The van der Waals surface area contributed by atoms with Gasteiger partial charge in [0, 0.05) is 31.9 Å². The van der Waals surface area contributed by atoms with E-state index in [2.05, 4.69) is 34.0 Å². The summed E-state index contributed by atoms with van der Waals surface area (Å²) in [5.74, 6) is 1.24. The third-order valence-corrected chi connectivity index (χ3v) is 6.25. The van der Waals surface area contributed by atoms with E-state index in [1.807, 2.05) is 20.8 Å². The summed E-state index contributed by atoms with van der Waals surface area (Å²) in [5, 5.41) is 3.14. The molecule has 1 amide bonds. The molecule has 8 nitrogen and oxygen atoms in total. The number of amides is 1. The predicted octanol–water partition coefficient (Wildman–Crippen LogP) is 2.72. The first-order valence-electron chi connectivity index (χ1n) is 11.9. The highest BCUT2D eigenvalue weighted by Crippen LogP contribution is 2.21. The summed E-state index contributed by atoms with van der Waals surface area (Å²) in [5.41, 5.74) is 0.150. The molecular formula is C24H37N5O3. The summed E-state index contributed by atoms with van der Waals surface area (Å²) < 4.78 is 1.40. The Labute approximate surface area is 189 Å². The summed E-state index contributed by atoms with van der Waals surface area (Å²) in [6, 6.07) is 1.68. The lowest BCUT2D eigenvalue weighted by atomic mass is 9.92. The molecule has 0 radical (unpaired) electrons. The zero-order valence-electron chi connectivity index (χ0n) is 20.0. The van der Waals surface area contributed by atoms with Gasteiger partial charge in [-0.25, -0.2) is 9.78 Å². The lowest BCUT2D eigenvalue weighted by Crippen LogP contribution is -2.39. The van der Waals surface area contributed by atoms with Crippen molar-refractivity contribution in [3.8, 4) is 0 Å². The van der Waals surface area contributed by atoms with E-state index < -0.39 is 11.2 Å². The number of carbonyl (C=O) groups is 1. The number of fused-ring (bicyclic) bond motifs is 1. The van der Waals surface area contributed by atoms with Crippen molar-refractivity contribution in [2.24, 2.45) is 11.8 Å². The van der Waals surface area contributed by atoms with Crippen LogP contribution in [0.1, 0.15) is 75.9 Å². The molecule has 176 valence electrons. The molecule has 2 N–H and O–H groups in total. The van der Waals surface area contributed by atoms with Crippen LogP contribution < -0.4 is 16.6 Å². The van der Waals surface area contributed by atoms with E-state index in [1.165, 1.54) is 11.0 Å². The highest BCUT2D eigenvalue weighted by molar-refractivity contribution is 6.05. The molecule has 32 heavy (non-hydrogen) atoms. The molecule has 0 bridgehead atoms. The topological polar surface area (TPSA) is 100 Å². The van der Waals surface area contributed by atoms with Gasteiger partial charge in [-0.05, 0) is 56.6 Å².